The molecule has 1 rings (SSSR count). The van der Waals surface area contributed by atoms with Crippen molar-refractivity contribution >= 4 is 11.6 Å². The fourth-order valence-corrected chi connectivity index (χ4v) is 1.42. The van der Waals surface area contributed by atoms with E-state index in [4.69, 9.17) is 11.6 Å². The van der Waals surface area contributed by atoms with Gasteiger partial charge in [0.25, 0.3) is 0 Å². The summed E-state index contributed by atoms with van der Waals surface area (Å²) in [5, 5.41) is 12.8. The molecule has 0 aliphatic heterocycles. The Labute approximate surface area is 94.1 Å². The maximum absolute atomic E-state index is 13.5. The lowest BCUT2D eigenvalue weighted by molar-refractivity contribution is 0.167. The number of aliphatic hydroxyl groups is 1. The largest absolute Gasteiger partial charge is 0.387 e. The first-order valence-corrected chi connectivity index (χ1v) is 5.25. The summed E-state index contributed by atoms with van der Waals surface area (Å²) in [5.41, 5.74) is 0.232. The highest BCUT2D eigenvalue weighted by Crippen LogP contribution is 2.22. The second kappa shape index (κ2) is 5.45. The van der Waals surface area contributed by atoms with Crippen LogP contribution in [0.4, 0.5) is 4.39 Å². The third-order valence-electron chi connectivity index (χ3n) is 2.06. The molecule has 0 heterocycles. The third kappa shape index (κ3) is 3.45. The van der Waals surface area contributed by atoms with Crippen LogP contribution in [0.5, 0.6) is 0 Å². The normalized spacial score (nSPS) is 13.2. The fraction of sp³-hybridized carbons (Fsp3) is 0.455. The minimum Gasteiger partial charge on any atom is -0.387 e. The fourth-order valence-electron chi connectivity index (χ4n) is 1.24. The van der Waals surface area contributed by atoms with Crippen LogP contribution >= 0.6 is 11.6 Å². The lowest BCUT2D eigenvalue weighted by atomic mass is 10.1. The molecule has 2 N–H and O–H groups in total. The Morgan fingerprint density at radius 3 is 2.73 bits per heavy atom. The topological polar surface area (TPSA) is 32.3 Å². The molecule has 0 spiro atoms. The number of hydrogen-bond donors (Lipinski definition) is 2. The lowest BCUT2D eigenvalue weighted by Gasteiger charge is -2.15. The molecule has 1 atom stereocenters. The summed E-state index contributed by atoms with van der Waals surface area (Å²) in [4.78, 5) is 0. The molecule has 1 unspecified atom stereocenters. The van der Waals surface area contributed by atoms with E-state index < -0.39 is 11.9 Å². The van der Waals surface area contributed by atoms with Crippen LogP contribution in [0.2, 0.25) is 5.02 Å². The Hall–Kier alpha value is -0.640. The number of rotatable bonds is 4. The molecule has 0 radical (unpaired) electrons. The molecule has 0 bridgehead atoms. The molecule has 0 saturated heterocycles. The van der Waals surface area contributed by atoms with Crippen molar-refractivity contribution < 1.29 is 9.50 Å². The summed E-state index contributed by atoms with van der Waals surface area (Å²) in [5.74, 6) is -0.544. The summed E-state index contributed by atoms with van der Waals surface area (Å²) >= 11 is 5.61. The van der Waals surface area contributed by atoms with Gasteiger partial charge in [0.05, 0.1) is 11.1 Å². The van der Waals surface area contributed by atoms with Crippen molar-refractivity contribution in [1.82, 2.24) is 5.32 Å². The van der Waals surface area contributed by atoms with E-state index >= 15 is 0 Å². The first-order valence-electron chi connectivity index (χ1n) is 4.87. The molecule has 1 aromatic rings. The minimum absolute atomic E-state index is 0.0381. The van der Waals surface area contributed by atoms with Crippen molar-refractivity contribution in [1.29, 1.82) is 0 Å². The van der Waals surface area contributed by atoms with Gasteiger partial charge in [-0.15, -0.1) is 0 Å². The van der Waals surface area contributed by atoms with Gasteiger partial charge >= 0.3 is 0 Å². The summed E-state index contributed by atoms with van der Waals surface area (Å²) < 4.78 is 13.5. The smallest absolute Gasteiger partial charge is 0.147 e. The van der Waals surface area contributed by atoms with E-state index in [-0.39, 0.29) is 16.6 Å². The van der Waals surface area contributed by atoms with Gasteiger partial charge in [0.1, 0.15) is 5.82 Å². The van der Waals surface area contributed by atoms with Crippen molar-refractivity contribution in [3.8, 4) is 0 Å². The second-order valence-electron chi connectivity index (χ2n) is 3.72. The highest BCUT2D eigenvalue weighted by atomic mass is 35.5. The molecule has 2 nitrogen and oxygen atoms in total. The van der Waals surface area contributed by atoms with Crippen LogP contribution in [0, 0.1) is 5.82 Å². The zero-order valence-corrected chi connectivity index (χ0v) is 9.55. The van der Waals surface area contributed by atoms with Gasteiger partial charge in [-0.05, 0) is 6.07 Å². The molecule has 84 valence electrons. The number of hydrogen-bond acceptors (Lipinski definition) is 2. The van der Waals surface area contributed by atoms with E-state index in [2.05, 4.69) is 5.32 Å². The zero-order chi connectivity index (χ0) is 11.4. The van der Waals surface area contributed by atoms with Gasteiger partial charge in [-0.3, -0.25) is 0 Å². The third-order valence-corrected chi connectivity index (χ3v) is 2.35. The first-order chi connectivity index (χ1) is 7.02. The molecule has 0 amide bonds. The maximum Gasteiger partial charge on any atom is 0.147 e. The SMILES string of the molecule is CC(C)NCC(O)c1cccc(Cl)c1F. The maximum atomic E-state index is 13.5. The predicted molar refractivity (Wildman–Crippen MR) is 59.5 cm³/mol. The van der Waals surface area contributed by atoms with E-state index in [1.807, 2.05) is 13.8 Å². The predicted octanol–water partition coefficient (Wildman–Crippen LogP) is 2.51. The molecular weight excluding hydrogens is 217 g/mol. The van der Waals surface area contributed by atoms with Crippen LogP contribution < -0.4 is 5.32 Å². The van der Waals surface area contributed by atoms with Gasteiger partial charge in [0.2, 0.25) is 0 Å². The van der Waals surface area contributed by atoms with Gasteiger partial charge in [0.15, 0.2) is 0 Å². The highest BCUT2D eigenvalue weighted by Gasteiger charge is 2.14. The van der Waals surface area contributed by atoms with Crippen molar-refractivity contribution in [3.63, 3.8) is 0 Å². The van der Waals surface area contributed by atoms with Gasteiger partial charge in [0, 0.05) is 18.2 Å². The molecule has 15 heavy (non-hydrogen) atoms. The molecule has 4 heteroatoms. The Balaban J connectivity index is 2.73. The van der Waals surface area contributed by atoms with E-state index in [1.54, 1.807) is 6.07 Å². The van der Waals surface area contributed by atoms with Gasteiger partial charge < -0.3 is 10.4 Å². The van der Waals surface area contributed by atoms with E-state index in [9.17, 15) is 9.50 Å². The standard InChI is InChI=1S/C11H15ClFNO/c1-7(2)14-6-10(15)8-4-3-5-9(12)11(8)13/h3-5,7,10,14-15H,6H2,1-2H3. The molecular formula is C11H15ClFNO. The van der Waals surface area contributed by atoms with Crippen LogP contribution in [-0.2, 0) is 0 Å². The number of halogens is 2. The van der Waals surface area contributed by atoms with E-state index in [0.29, 0.717) is 6.54 Å². The van der Waals surface area contributed by atoms with Crippen LogP contribution in [0.3, 0.4) is 0 Å². The van der Waals surface area contributed by atoms with E-state index in [1.165, 1.54) is 12.1 Å². The molecule has 0 aromatic heterocycles. The van der Waals surface area contributed by atoms with Crippen LogP contribution in [0.15, 0.2) is 18.2 Å². The average molecular weight is 232 g/mol. The van der Waals surface area contributed by atoms with Crippen LogP contribution in [-0.4, -0.2) is 17.7 Å². The van der Waals surface area contributed by atoms with Crippen LogP contribution in [0.25, 0.3) is 0 Å². The Kier molecular flexibility index (Phi) is 4.51. The van der Waals surface area contributed by atoms with Crippen molar-refractivity contribution in [3.05, 3.63) is 34.6 Å². The quantitative estimate of drug-likeness (QED) is 0.835. The van der Waals surface area contributed by atoms with Crippen LogP contribution in [0.1, 0.15) is 25.5 Å². The summed E-state index contributed by atoms with van der Waals surface area (Å²) in [6, 6.07) is 4.87. The summed E-state index contributed by atoms with van der Waals surface area (Å²) in [6.07, 6.45) is -0.869. The summed E-state index contributed by atoms with van der Waals surface area (Å²) in [7, 11) is 0. The molecule has 0 aliphatic rings. The van der Waals surface area contributed by atoms with Gasteiger partial charge in [-0.1, -0.05) is 37.6 Å². The Morgan fingerprint density at radius 2 is 2.13 bits per heavy atom. The number of aliphatic hydroxyl groups excluding tert-OH is 1. The Bertz CT molecular complexity index is 330. The average Bonchev–Trinajstić information content (AvgIpc) is 2.18. The zero-order valence-electron chi connectivity index (χ0n) is 8.80. The first kappa shape index (κ1) is 12.4. The molecule has 0 saturated carbocycles. The highest BCUT2D eigenvalue weighted by molar-refractivity contribution is 6.30. The monoisotopic (exact) mass is 231 g/mol. The Morgan fingerprint density at radius 1 is 1.47 bits per heavy atom. The van der Waals surface area contributed by atoms with Crippen molar-refractivity contribution in [2.24, 2.45) is 0 Å². The lowest BCUT2D eigenvalue weighted by Crippen LogP contribution is -2.28. The second-order valence-corrected chi connectivity index (χ2v) is 4.13. The number of benzene rings is 1. The molecule has 0 fully saturated rings. The molecule has 0 aliphatic carbocycles. The minimum atomic E-state index is -0.869. The molecule has 1 aromatic carbocycles. The van der Waals surface area contributed by atoms with Crippen molar-refractivity contribution in [2.45, 2.75) is 26.0 Å². The van der Waals surface area contributed by atoms with Gasteiger partial charge in [-0.25, -0.2) is 4.39 Å². The van der Waals surface area contributed by atoms with Gasteiger partial charge in [-0.2, -0.15) is 0 Å². The summed E-state index contributed by atoms with van der Waals surface area (Å²) in [6.45, 7) is 4.23. The van der Waals surface area contributed by atoms with Crippen molar-refractivity contribution in [2.75, 3.05) is 6.54 Å². The number of nitrogens with one attached hydrogen (secondary N) is 1. The van der Waals surface area contributed by atoms with E-state index in [0.717, 1.165) is 0 Å².